The van der Waals surface area contributed by atoms with Gasteiger partial charge in [-0.1, -0.05) is 31.5 Å². The van der Waals surface area contributed by atoms with Crippen molar-refractivity contribution in [2.24, 2.45) is 5.92 Å². The number of carbonyl (C=O) groups excluding carboxylic acids is 3. The Morgan fingerprint density at radius 1 is 1.19 bits per heavy atom. The summed E-state index contributed by atoms with van der Waals surface area (Å²) >= 11 is 0. The van der Waals surface area contributed by atoms with Crippen LogP contribution in [0.4, 0.5) is 10.1 Å². The van der Waals surface area contributed by atoms with Crippen molar-refractivity contribution in [3.8, 4) is 17.2 Å². The molecule has 9 heteroatoms. The lowest BCUT2D eigenvalue weighted by Gasteiger charge is -2.34. The maximum Gasteiger partial charge on any atom is 0.309 e. The molecule has 2 aliphatic rings. The number of hydrogen-bond donors (Lipinski definition) is 1. The van der Waals surface area contributed by atoms with Crippen LogP contribution in [0.25, 0.3) is 16.7 Å². The lowest BCUT2D eigenvalue weighted by atomic mass is 9.91. The Labute approximate surface area is 243 Å². The third kappa shape index (κ3) is 5.93. The molecule has 5 rings (SSSR count). The second-order valence-electron chi connectivity index (χ2n) is 10.7. The number of nitrogens with zero attached hydrogens (tertiary/aromatic N) is 3. The molecule has 0 fully saturated rings. The summed E-state index contributed by atoms with van der Waals surface area (Å²) in [6.45, 7) is 2.21. The summed E-state index contributed by atoms with van der Waals surface area (Å²) in [5, 5.41) is 12.5. The first-order valence-electron chi connectivity index (χ1n) is 14.0. The molecular weight excluding hydrogens is 535 g/mol. The van der Waals surface area contributed by atoms with Gasteiger partial charge < -0.3 is 15.0 Å². The van der Waals surface area contributed by atoms with Crippen molar-refractivity contribution in [3.05, 3.63) is 89.0 Å². The van der Waals surface area contributed by atoms with Gasteiger partial charge in [0.25, 0.3) is 0 Å². The highest BCUT2D eigenvalue weighted by Crippen LogP contribution is 2.37. The van der Waals surface area contributed by atoms with Gasteiger partial charge in [-0.25, -0.2) is 4.39 Å². The molecule has 214 valence electrons. The first-order valence-corrected chi connectivity index (χ1v) is 14.0. The lowest BCUT2D eigenvalue weighted by molar-refractivity contribution is -0.139. The lowest BCUT2D eigenvalue weighted by Crippen LogP contribution is -2.38. The van der Waals surface area contributed by atoms with Crippen LogP contribution in [0.1, 0.15) is 61.0 Å². The van der Waals surface area contributed by atoms with Crippen molar-refractivity contribution in [3.63, 3.8) is 0 Å². The van der Waals surface area contributed by atoms with E-state index in [2.05, 4.69) is 10.3 Å². The van der Waals surface area contributed by atoms with Gasteiger partial charge in [0.15, 0.2) is 0 Å². The van der Waals surface area contributed by atoms with E-state index in [-0.39, 0.29) is 47.3 Å². The first kappa shape index (κ1) is 28.7. The highest BCUT2D eigenvalue weighted by molar-refractivity contribution is 5.98. The van der Waals surface area contributed by atoms with Crippen molar-refractivity contribution in [1.82, 2.24) is 9.88 Å². The molecule has 0 spiro atoms. The van der Waals surface area contributed by atoms with E-state index in [0.29, 0.717) is 54.7 Å². The van der Waals surface area contributed by atoms with Crippen LogP contribution in [0.5, 0.6) is 0 Å². The molecule has 0 radical (unpaired) electrons. The number of hydrogen-bond acceptors (Lipinski definition) is 6. The van der Waals surface area contributed by atoms with Gasteiger partial charge in [0, 0.05) is 41.5 Å². The van der Waals surface area contributed by atoms with E-state index in [0.717, 1.165) is 11.1 Å². The summed E-state index contributed by atoms with van der Waals surface area (Å²) in [4.78, 5) is 45.0. The number of halogens is 1. The predicted octanol–water partition coefficient (Wildman–Crippen LogP) is 5.59. The van der Waals surface area contributed by atoms with E-state index in [4.69, 9.17) is 4.74 Å². The highest BCUT2D eigenvalue weighted by atomic mass is 19.1. The Bertz CT molecular complexity index is 1630. The van der Waals surface area contributed by atoms with Crippen LogP contribution in [0.3, 0.4) is 0 Å². The first-order chi connectivity index (χ1) is 20.3. The topological polar surface area (TPSA) is 112 Å². The third-order valence-corrected chi connectivity index (χ3v) is 7.95. The monoisotopic (exact) mass is 566 g/mol. The minimum absolute atomic E-state index is 0.0776. The van der Waals surface area contributed by atoms with Crippen molar-refractivity contribution in [2.75, 3.05) is 19.0 Å². The number of benzene rings is 2. The molecule has 2 bridgehead atoms. The van der Waals surface area contributed by atoms with Gasteiger partial charge in [-0.05, 0) is 66.3 Å². The van der Waals surface area contributed by atoms with Crippen LogP contribution in [-0.2, 0) is 25.5 Å². The third-order valence-electron chi connectivity index (χ3n) is 7.95. The highest BCUT2D eigenvalue weighted by Gasteiger charge is 2.31. The molecule has 1 aromatic heterocycles. The van der Waals surface area contributed by atoms with Gasteiger partial charge in [0.2, 0.25) is 11.8 Å². The number of ether oxygens (including phenoxy) is 1. The van der Waals surface area contributed by atoms with E-state index in [1.165, 1.54) is 25.3 Å². The fourth-order valence-electron chi connectivity index (χ4n) is 5.67. The number of pyridine rings is 1. The van der Waals surface area contributed by atoms with Gasteiger partial charge >= 0.3 is 5.97 Å². The molecule has 42 heavy (non-hydrogen) atoms. The number of rotatable bonds is 4. The molecule has 2 atom stereocenters. The number of esters is 1. The van der Waals surface area contributed by atoms with Gasteiger partial charge in [0.1, 0.15) is 5.82 Å². The smallest absolute Gasteiger partial charge is 0.309 e. The summed E-state index contributed by atoms with van der Waals surface area (Å²) in [6.07, 6.45) is 5.45. The van der Waals surface area contributed by atoms with Crippen LogP contribution in [0, 0.1) is 23.1 Å². The van der Waals surface area contributed by atoms with Crippen molar-refractivity contribution >= 4 is 29.0 Å². The maximum absolute atomic E-state index is 14.7. The Balaban J connectivity index is 1.52. The summed E-state index contributed by atoms with van der Waals surface area (Å²) in [5.74, 6) is -1.59. The van der Waals surface area contributed by atoms with Crippen molar-refractivity contribution in [2.45, 2.75) is 45.1 Å². The second-order valence-corrected chi connectivity index (χ2v) is 10.7. The van der Waals surface area contributed by atoms with Gasteiger partial charge in [-0.3, -0.25) is 19.4 Å². The zero-order chi connectivity index (χ0) is 29.8. The van der Waals surface area contributed by atoms with Gasteiger partial charge in [0.05, 0.1) is 36.9 Å². The SMILES string of the molecule is COC(=O)Cc1ccc2c(c1)NC(=O)[C@H](C)CCC[C@H](N1CCC(c3c(F)cccc3C#N)=CC1=O)c1cc-2ccn1. The summed E-state index contributed by atoms with van der Waals surface area (Å²) < 4.78 is 19.5. The number of carbonyl (C=O) groups is 3. The normalized spacial score (nSPS) is 18.9. The predicted molar refractivity (Wildman–Crippen MR) is 155 cm³/mol. The number of nitriles is 1. The number of anilines is 1. The number of amides is 2. The Kier molecular flexibility index (Phi) is 8.43. The summed E-state index contributed by atoms with van der Waals surface area (Å²) in [6, 6.07) is 15.2. The molecule has 2 aliphatic heterocycles. The number of aromatic nitrogens is 1. The average molecular weight is 567 g/mol. The molecule has 3 heterocycles. The molecular formula is C33H31FN4O4. The maximum atomic E-state index is 14.7. The molecule has 0 aliphatic carbocycles. The van der Waals surface area contributed by atoms with Gasteiger partial charge in [-0.15, -0.1) is 0 Å². The van der Waals surface area contributed by atoms with E-state index < -0.39 is 5.82 Å². The molecule has 0 saturated carbocycles. The molecule has 2 amide bonds. The largest absolute Gasteiger partial charge is 0.469 e. The average Bonchev–Trinajstić information content (AvgIpc) is 2.99. The zero-order valence-corrected chi connectivity index (χ0v) is 23.5. The fourth-order valence-corrected chi connectivity index (χ4v) is 5.67. The molecule has 2 aromatic carbocycles. The standard InChI is InChI=1S/C33H31FN4O4/c1-20-5-3-8-29(38-14-12-23(18-30(38)39)32-24(19-35)6-4-7-26(32)34)28-17-22(11-13-36-28)25-10-9-21(16-31(40)42-2)15-27(25)37-33(20)41/h4,6-7,9-11,13,15,17-18,20,29H,3,5,8,12,14,16H2,1-2H3,(H,37,41)/t20-,29+/m1/s1. The Hall–Kier alpha value is -4.84. The molecule has 1 N–H and O–H groups in total. The summed E-state index contributed by atoms with van der Waals surface area (Å²) in [7, 11) is 1.33. The molecule has 3 aromatic rings. The van der Waals surface area contributed by atoms with Crippen molar-refractivity contribution in [1.29, 1.82) is 5.26 Å². The number of nitrogens with one attached hydrogen (secondary N) is 1. The number of methoxy groups -OCH3 is 1. The van der Waals surface area contributed by atoms with Crippen LogP contribution >= 0.6 is 0 Å². The second kappa shape index (κ2) is 12.4. The van der Waals surface area contributed by atoms with Gasteiger partial charge in [-0.2, -0.15) is 5.26 Å². The molecule has 8 nitrogen and oxygen atoms in total. The molecule has 0 unspecified atom stereocenters. The van der Waals surface area contributed by atoms with Crippen molar-refractivity contribution < 1.29 is 23.5 Å². The minimum Gasteiger partial charge on any atom is -0.469 e. The van der Waals surface area contributed by atoms with Crippen LogP contribution < -0.4 is 5.32 Å². The quantitative estimate of drug-likeness (QED) is 0.412. The van der Waals surface area contributed by atoms with E-state index in [9.17, 15) is 24.0 Å². The van der Waals surface area contributed by atoms with Crippen LogP contribution in [0.15, 0.2) is 60.8 Å². The van der Waals surface area contributed by atoms with E-state index in [1.54, 1.807) is 23.2 Å². The van der Waals surface area contributed by atoms with E-state index >= 15 is 0 Å². The van der Waals surface area contributed by atoms with Crippen LogP contribution in [0.2, 0.25) is 0 Å². The number of fused-ring (bicyclic) bond motifs is 4. The summed E-state index contributed by atoms with van der Waals surface area (Å²) in [5.41, 5.74) is 4.46. The minimum atomic E-state index is -0.525. The zero-order valence-electron chi connectivity index (χ0n) is 23.5. The Morgan fingerprint density at radius 2 is 2.02 bits per heavy atom. The fraction of sp³-hybridized carbons (Fsp3) is 0.303. The molecule has 0 saturated heterocycles. The van der Waals surface area contributed by atoms with E-state index in [1.807, 2.05) is 37.3 Å². The Morgan fingerprint density at radius 3 is 2.79 bits per heavy atom. The van der Waals surface area contributed by atoms with Crippen LogP contribution in [-0.4, -0.2) is 41.3 Å².